The van der Waals surface area contributed by atoms with Crippen molar-refractivity contribution in [3.05, 3.63) is 0 Å². The lowest BCUT2D eigenvalue weighted by Crippen LogP contribution is -2.49. The molecule has 0 N–H and O–H groups in total. The van der Waals surface area contributed by atoms with Crippen molar-refractivity contribution in [1.29, 1.82) is 0 Å². The zero-order chi connectivity index (χ0) is 14.8. The molecule has 0 spiro atoms. The molecule has 0 heterocycles. The maximum absolute atomic E-state index is 2.54. The molecule has 0 saturated heterocycles. The van der Waals surface area contributed by atoms with Crippen molar-refractivity contribution in [3.8, 4) is 0 Å². The predicted molar refractivity (Wildman–Crippen MR) is 87.3 cm³/mol. The molecule has 0 radical (unpaired) electrons. The van der Waals surface area contributed by atoms with E-state index >= 15 is 0 Å². The molecule has 0 aromatic rings. The van der Waals surface area contributed by atoms with Gasteiger partial charge in [-0.3, -0.25) is 0 Å². The third kappa shape index (κ3) is 2.61. The van der Waals surface area contributed by atoms with Crippen molar-refractivity contribution in [3.63, 3.8) is 0 Å². The Morgan fingerprint density at radius 1 is 1.16 bits per heavy atom. The molecule has 0 heteroatoms. The summed E-state index contributed by atoms with van der Waals surface area (Å²) in [6.07, 6.45) is 6.96. The average molecular weight is 267 g/mol. The average Bonchev–Trinajstić information content (AvgIpc) is 2.58. The van der Waals surface area contributed by atoms with E-state index < -0.39 is 0 Å². The number of unbranched alkanes of at least 4 members (excludes halogenated alkanes) is 1. The molecule has 0 bridgehead atoms. The van der Waals surface area contributed by atoms with Gasteiger partial charge in [0.05, 0.1) is 0 Å². The molecule has 4 atom stereocenters. The molecule has 4 unspecified atom stereocenters. The van der Waals surface area contributed by atoms with E-state index in [2.05, 4.69) is 55.4 Å². The largest absolute Gasteiger partial charge is 0.0654 e. The van der Waals surface area contributed by atoms with Gasteiger partial charge in [-0.1, -0.05) is 74.7 Å². The first-order valence-electron chi connectivity index (χ1n) is 8.75. The molecular formula is C19H38. The molecular weight excluding hydrogens is 228 g/mol. The fourth-order valence-corrected chi connectivity index (χ4v) is 5.95. The van der Waals surface area contributed by atoms with Gasteiger partial charge >= 0.3 is 0 Å². The molecule has 0 nitrogen and oxygen atoms in total. The lowest BCUT2D eigenvalue weighted by Gasteiger charge is -2.55. The predicted octanol–water partition coefficient (Wildman–Crippen LogP) is 6.55. The van der Waals surface area contributed by atoms with Crippen LogP contribution in [0.3, 0.4) is 0 Å². The van der Waals surface area contributed by atoms with Crippen molar-refractivity contribution < 1.29 is 0 Å². The van der Waals surface area contributed by atoms with Gasteiger partial charge < -0.3 is 0 Å². The second-order valence-corrected chi connectivity index (χ2v) is 8.19. The summed E-state index contributed by atoms with van der Waals surface area (Å²) in [6.45, 7) is 19.9. The van der Waals surface area contributed by atoms with Crippen LogP contribution < -0.4 is 0 Å². The fraction of sp³-hybridized carbons (Fsp3) is 1.00. The van der Waals surface area contributed by atoms with Gasteiger partial charge in [-0.05, 0) is 47.3 Å². The van der Waals surface area contributed by atoms with Crippen LogP contribution in [0.25, 0.3) is 0 Å². The van der Waals surface area contributed by atoms with Gasteiger partial charge in [-0.15, -0.1) is 0 Å². The molecule has 1 fully saturated rings. The Kier molecular flexibility index (Phi) is 5.55. The molecule has 1 saturated carbocycles. The third-order valence-electron chi connectivity index (χ3n) is 6.72. The van der Waals surface area contributed by atoms with Crippen molar-refractivity contribution in [2.24, 2.45) is 34.5 Å². The SMILES string of the molecule is CCCCC1C(C)CC(C)C1(C(C)C)C(C)(C)CC. The summed E-state index contributed by atoms with van der Waals surface area (Å²) >= 11 is 0. The van der Waals surface area contributed by atoms with Gasteiger partial charge in [0, 0.05) is 0 Å². The number of rotatable bonds is 6. The Morgan fingerprint density at radius 2 is 1.74 bits per heavy atom. The van der Waals surface area contributed by atoms with Crippen molar-refractivity contribution in [1.82, 2.24) is 0 Å². The van der Waals surface area contributed by atoms with Gasteiger partial charge in [0.1, 0.15) is 0 Å². The lowest BCUT2D eigenvalue weighted by atomic mass is 9.50. The summed E-state index contributed by atoms with van der Waals surface area (Å²) < 4.78 is 0. The highest BCUT2D eigenvalue weighted by Gasteiger charge is 2.59. The van der Waals surface area contributed by atoms with Crippen molar-refractivity contribution in [2.75, 3.05) is 0 Å². The summed E-state index contributed by atoms with van der Waals surface area (Å²) in [5.74, 6) is 3.51. The second kappa shape index (κ2) is 6.19. The van der Waals surface area contributed by atoms with Gasteiger partial charge in [0.2, 0.25) is 0 Å². The zero-order valence-corrected chi connectivity index (χ0v) is 14.8. The first kappa shape index (κ1) is 17.1. The van der Waals surface area contributed by atoms with Gasteiger partial charge in [-0.25, -0.2) is 0 Å². The van der Waals surface area contributed by atoms with E-state index in [1.54, 1.807) is 0 Å². The highest BCUT2D eigenvalue weighted by Crippen LogP contribution is 2.65. The van der Waals surface area contributed by atoms with Crippen LogP contribution in [0, 0.1) is 34.5 Å². The lowest BCUT2D eigenvalue weighted by molar-refractivity contribution is -0.0687. The van der Waals surface area contributed by atoms with Gasteiger partial charge in [0.15, 0.2) is 0 Å². The van der Waals surface area contributed by atoms with Gasteiger partial charge in [0.25, 0.3) is 0 Å². The van der Waals surface area contributed by atoms with Gasteiger partial charge in [-0.2, -0.15) is 0 Å². The zero-order valence-electron chi connectivity index (χ0n) is 14.8. The Balaban J connectivity index is 3.23. The number of hydrogen-bond donors (Lipinski definition) is 0. The van der Waals surface area contributed by atoms with E-state index in [-0.39, 0.29) is 0 Å². The Bertz CT molecular complexity index is 276. The standard InChI is InChI=1S/C19H38/c1-9-11-12-17-15(5)13-16(6)19(17,14(3)4)18(7,8)10-2/h14-17H,9-13H2,1-8H3. The first-order valence-corrected chi connectivity index (χ1v) is 8.75. The summed E-state index contributed by atoms with van der Waals surface area (Å²) in [4.78, 5) is 0. The monoisotopic (exact) mass is 266 g/mol. The third-order valence-corrected chi connectivity index (χ3v) is 6.72. The maximum atomic E-state index is 2.54. The van der Waals surface area contributed by atoms with E-state index in [9.17, 15) is 0 Å². The minimum atomic E-state index is 0.462. The highest BCUT2D eigenvalue weighted by atomic mass is 14.6. The quantitative estimate of drug-likeness (QED) is 0.511. The van der Waals surface area contributed by atoms with Crippen molar-refractivity contribution >= 4 is 0 Å². The van der Waals surface area contributed by atoms with Crippen LogP contribution in [0.15, 0.2) is 0 Å². The van der Waals surface area contributed by atoms with E-state index in [0.717, 1.165) is 23.7 Å². The van der Waals surface area contributed by atoms with Crippen LogP contribution in [0.5, 0.6) is 0 Å². The normalized spacial score (nSPS) is 36.2. The molecule has 1 rings (SSSR count). The summed E-state index contributed by atoms with van der Waals surface area (Å²) in [5, 5.41) is 0. The molecule has 114 valence electrons. The van der Waals surface area contributed by atoms with Crippen LogP contribution in [-0.2, 0) is 0 Å². The molecule has 19 heavy (non-hydrogen) atoms. The summed E-state index contributed by atoms with van der Waals surface area (Å²) in [6, 6.07) is 0. The summed E-state index contributed by atoms with van der Waals surface area (Å²) in [7, 11) is 0. The fourth-order valence-electron chi connectivity index (χ4n) is 5.95. The Labute approximate surface area is 122 Å². The summed E-state index contributed by atoms with van der Waals surface area (Å²) in [5.41, 5.74) is 1.00. The Hall–Kier alpha value is 0. The Morgan fingerprint density at radius 3 is 2.16 bits per heavy atom. The molecule has 1 aliphatic rings. The van der Waals surface area contributed by atoms with E-state index in [4.69, 9.17) is 0 Å². The van der Waals surface area contributed by atoms with Crippen LogP contribution in [0.2, 0.25) is 0 Å². The highest BCUT2D eigenvalue weighted by molar-refractivity contribution is 5.07. The minimum absolute atomic E-state index is 0.462. The van der Waals surface area contributed by atoms with Crippen LogP contribution in [0.1, 0.15) is 87.5 Å². The first-order chi connectivity index (χ1) is 8.75. The second-order valence-electron chi connectivity index (χ2n) is 8.19. The van der Waals surface area contributed by atoms with E-state index in [1.807, 2.05) is 0 Å². The van der Waals surface area contributed by atoms with Crippen LogP contribution in [0.4, 0.5) is 0 Å². The van der Waals surface area contributed by atoms with E-state index in [0.29, 0.717) is 10.8 Å². The smallest absolute Gasteiger partial charge is 0.0167 e. The maximum Gasteiger partial charge on any atom is -0.0167 e. The molecule has 0 amide bonds. The molecule has 0 aliphatic heterocycles. The van der Waals surface area contributed by atoms with Crippen molar-refractivity contribution in [2.45, 2.75) is 87.5 Å². The van der Waals surface area contributed by atoms with Crippen LogP contribution >= 0.6 is 0 Å². The molecule has 0 aromatic carbocycles. The minimum Gasteiger partial charge on any atom is -0.0654 e. The molecule has 1 aliphatic carbocycles. The van der Waals surface area contributed by atoms with E-state index in [1.165, 1.54) is 32.1 Å². The number of hydrogen-bond acceptors (Lipinski definition) is 0. The topological polar surface area (TPSA) is 0 Å². The molecule has 0 aromatic heterocycles. The van der Waals surface area contributed by atoms with Crippen LogP contribution in [-0.4, -0.2) is 0 Å².